The van der Waals surface area contributed by atoms with Crippen molar-refractivity contribution in [1.29, 1.82) is 0 Å². The molecule has 0 radical (unpaired) electrons. The predicted octanol–water partition coefficient (Wildman–Crippen LogP) is 2.69. The van der Waals surface area contributed by atoms with Crippen molar-refractivity contribution in [1.82, 2.24) is 0 Å². The Labute approximate surface area is 79.7 Å². The summed E-state index contributed by atoms with van der Waals surface area (Å²) in [6.07, 6.45) is 0.224. The van der Waals surface area contributed by atoms with E-state index in [-0.39, 0.29) is 6.10 Å². The molecule has 0 fully saturated rings. The fourth-order valence-corrected chi connectivity index (χ4v) is 0.939. The van der Waals surface area contributed by atoms with E-state index in [0.29, 0.717) is 5.92 Å². The molecule has 13 heavy (non-hydrogen) atoms. The summed E-state index contributed by atoms with van der Waals surface area (Å²) in [5.41, 5.74) is 6.37. The lowest BCUT2D eigenvalue weighted by atomic mass is 10.1. The summed E-state index contributed by atoms with van der Waals surface area (Å²) in [4.78, 5) is 0. The van der Waals surface area contributed by atoms with E-state index in [1.54, 1.807) is 0 Å². The smallest absolute Gasteiger partial charge is 0.121 e. The first kappa shape index (κ1) is 9.90. The van der Waals surface area contributed by atoms with E-state index in [9.17, 15) is 0 Å². The Kier molecular flexibility index (Phi) is 3.18. The molecule has 72 valence electrons. The summed E-state index contributed by atoms with van der Waals surface area (Å²) in [6.45, 7) is 6.34. The summed E-state index contributed by atoms with van der Waals surface area (Å²) < 4.78 is 5.68. The van der Waals surface area contributed by atoms with Crippen LogP contribution >= 0.6 is 0 Å². The van der Waals surface area contributed by atoms with Gasteiger partial charge in [0.25, 0.3) is 0 Å². The summed E-state index contributed by atoms with van der Waals surface area (Å²) in [6, 6.07) is 7.53. The molecule has 1 aromatic carbocycles. The number of hydrogen-bond acceptors (Lipinski definition) is 2. The van der Waals surface area contributed by atoms with Crippen LogP contribution in [0, 0.1) is 5.92 Å². The second kappa shape index (κ2) is 4.17. The molecule has 0 aliphatic rings. The molecule has 1 atom stereocenters. The Bertz CT molecular complexity index is 271. The standard InChI is InChI=1S/C11H17NO/c1-8(2)9(3)13-11-6-4-5-10(12)7-11/h4-9H,12H2,1-3H3. The first-order valence-corrected chi connectivity index (χ1v) is 4.62. The zero-order chi connectivity index (χ0) is 9.84. The Balaban J connectivity index is 2.64. The van der Waals surface area contributed by atoms with Gasteiger partial charge in [0.1, 0.15) is 5.75 Å². The van der Waals surface area contributed by atoms with Crippen molar-refractivity contribution in [2.75, 3.05) is 5.73 Å². The van der Waals surface area contributed by atoms with Gasteiger partial charge in [-0.15, -0.1) is 0 Å². The fraction of sp³-hybridized carbons (Fsp3) is 0.455. The summed E-state index contributed by atoms with van der Waals surface area (Å²) in [7, 11) is 0. The number of hydrogen-bond donors (Lipinski definition) is 1. The monoisotopic (exact) mass is 179 g/mol. The number of benzene rings is 1. The third kappa shape index (κ3) is 2.98. The molecular formula is C11H17NO. The maximum atomic E-state index is 5.68. The third-order valence-electron chi connectivity index (χ3n) is 2.12. The highest BCUT2D eigenvalue weighted by molar-refractivity contribution is 5.43. The second-order valence-electron chi connectivity index (χ2n) is 3.64. The molecule has 1 aromatic rings. The third-order valence-corrected chi connectivity index (χ3v) is 2.12. The Morgan fingerprint density at radius 1 is 1.23 bits per heavy atom. The van der Waals surface area contributed by atoms with Crippen LogP contribution in [0.25, 0.3) is 0 Å². The van der Waals surface area contributed by atoms with Gasteiger partial charge in [-0.3, -0.25) is 0 Å². The van der Waals surface area contributed by atoms with Crippen LogP contribution in [-0.2, 0) is 0 Å². The molecule has 0 aromatic heterocycles. The molecular weight excluding hydrogens is 162 g/mol. The molecule has 0 aliphatic carbocycles. The molecule has 0 saturated heterocycles. The minimum atomic E-state index is 0.224. The lowest BCUT2D eigenvalue weighted by Gasteiger charge is -2.18. The van der Waals surface area contributed by atoms with E-state index in [2.05, 4.69) is 20.8 Å². The fourth-order valence-electron chi connectivity index (χ4n) is 0.939. The SMILES string of the molecule is CC(C)C(C)Oc1cccc(N)c1. The van der Waals surface area contributed by atoms with Crippen molar-refractivity contribution < 1.29 is 4.74 Å². The van der Waals surface area contributed by atoms with Crippen molar-refractivity contribution in [2.45, 2.75) is 26.9 Å². The molecule has 0 bridgehead atoms. The zero-order valence-electron chi connectivity index (χ0n) is 8.45. The summed E-state index contributed by atoms with van der Waals surface area (Å²) in [5, 5.41) is 0. The van der Waals surface area contributed by atoms with Crippen molar-refractivity contribution in [2.24, 2.45) is 5.92 Å². The van der Waals surface area contributed by atoms with Crippen LogP contribution in [0.3, 0.4) is 0 Å². The van der Waals surface area contributed by atoms with Crippen molar-refractivity contribution in [3.05, 3.63) is 24.3 Å². The molecule has 2 nitrogen and oxygen atoms in total. The van der Waals surface area contributed by atoms with Crippen molar-refractivity contribution in [3.8, 4) is 5.75 Å². The molecule has 0 aliphatic heterocycles. The minimum Gasteiger partial charge on any atom is -0.490 e. The zero-order valence-corrected chi connectivity index (χ0v) is 8.45. The topological polar surface area (TPSA) is 35.2 Å². The molecule has 1 rings (SSSR count). The van der Waals surface area contributed by atoms with Crippen molar-refractivity contribution in [3.63, 3.8) is 0 Å². The second-order valence-corrected chi connectivity index (χ2v) is 3.64. The maximum Gasteiger partial charge on any atom is 0.121 e. The van der Waals surface area contributed by atoms with Gasteiger partial charge in [0.2, 0.25) is 0 Å². The highest BCUT2D eigenvalue weighted by Gasteiger charge is 2.08. The van der Waals surface area contributed by atoms with Crippen molar-refractivity contribution >= 4 is 5.69 Å². The van der Waals surface area contributed by atoms with Crippen LogP contribution in [-0.4, -0.2) is 6.10 Å². The molecule has 0 saturated carbocycles. The van der Waals surface area contributed by atoms with Gasteiger partial charge in [-0.1, -0.05) is 19.9 Å². The highest BCUT2D eigenvalue weighted by Crippen LogP contribution is 2.18. The van der Waals surface area contributed by atoms with Gasteiger partial charge in [-0.25, -0.2) is 0 Å². The average molecular weight is 179 g/mol. The molecule has 0 amide bonds. The van der Waals surface area contributed by atoms with E-state index in [1.807, 2.05) is 24.3 Å². The number of anilines is 1. The van der Waals surface area contributed by atoms with Crippen LogP contribution in [0.15, 0.2) is 24.3 Å². The Morgan fingerprint density at radius 3 is 2.46 bits per heavy atom. The van der Waals surface area contributed by atoms with Crippen LogP contribution in [0.1, 0.15) is 20.8 Å². The Morgan fingerprint density at radius 2 is 1.92 bits per heavy atom. The van der Waals surface area contributed by atoms with E-state index >= 15 is 0 Å². The molecule has 0 spiro atoms. The van der Waals surface area contributed by atoms with Gasteiger partial charge in [-0.05, 0) is 25.0 Å². The van der Waals surface area contributed by atoms with Gasteiger partial charge in [0.15, 0.2) is 0 Å². The first-order chi connectivity index (χ1) is 6.09. The molecule has 2 heteroatoms. The number of ether oxygens (including phenoxy) is 1. The minimum absolute atomic E-state index is 0.224. The van der Waals surface area contributed by atoms with Gasteiger partial charge in [-0.2, -0.15) is 0 Å². The molecule has 1 unspecified atom stereocenters. The maximum absolute atomic E-state index is 5.68. The number of nitrogen functional groups attached to an aromatic ring is 1. The van der Waals surface area contributed by atoms with Crippen LogP contribution in [0.2, 0.25) is 0 Å². The largest absolute Gasteiger partial charge is 0.490 e. The van der Waals surface area contributed by atoms with E-state index < -0.39 is 0 Å². The normalized spacial score (nSPS) is 12.9. The Hall–Kier alpha value is -1.18. The van der Waals surface area contributed by atoms with E-state index in [4.69, 9.17) is 10.5 Å². The summed E-state index contributed by atoms with van der Waals surface area (Å²) in [5.74, 6) is 1.36. The highest BCUT2D eigenvalue weighted by atomic mass is 16.5. The number of nitrogens with two attached hydrogens (primary N) is 1. The summed E-state index contributed by atoms with van der Waals surface area (Å²) >= 11 is 0. The van der Waals surface area contributed by atoms with Gasteiger partial charge in [0, 0.05) is 11.8 Å². The first-order valence-electron chi connectivity index (χ1n) is 4.62. The predicted molar refractivity (Wildman–Crippen MR) is 55.8 cm³/mol. The average Bonchev–Trinajstić information content (AvgIpc) is 2.04. The van der Waals surface area contributed by atoms with E-state index in [0.717, 1.165) is 11.4 Å². The lowest BCUT2D eigenvalue weighted by molar-refractivity contribution is 0.170. The van der Waals surface area contributed by atoms with Gasteiger partial charge < -0.3 is 10.5 Å². The van der Waals surface area contributed by atoms with Crippen LogP contribution in [0.4, 0.5) is 5.69 Å². The molecule has 0 heterocycles. The van der Waals surface area contributed by atoms with Gasteiger partial charge in [0.05, 0.1) is 6.10 Å². The van der Waals surface area contributed by atoms with Gasteiger partial charge >= 0.3 is 0 Å². The van der Waals surface area contributed by atoms with E-state index in [1.165, 1.54) is 0 Å². The lowest BCUT2D eigenvalue weighted by Crippen LogP contribution is -2.18. The quantitative estimate of drug-likeness (QED) is 0.724. The number of rotatable bonds is 3. The van der Waals surface area contributed by atoms with Crippen LogP contribution < -0.4 is 10.5 Å². The van der Waals surface area contributed by atoms with Crippen LogP contribution in [0.5, 0.6) is 5.75 Å². The molecule has 2 N–H and O–H groups in total.